The Balaban J connectivity index is 1.66. The van der Waals surface area contributed by atoms with Gasteiger partial charge in [-0.25, -0.2) is 0 Å². The fourth-order valence-electron chi connectivity index (χ4n) is 4.03. The first-order valence-electron chi connectivity index (χ1n) is 8.25. The molecule has 2 N–H and O–H groups in total. The number of aliphatic hydroxyl groups is 1. The van der Waals surface area contributed by atoms with Crippen molar-refractivity contribution < 1.29 is 9.90 Å². The van der Waals surface area contributed by atoms with Crippen LogP contribution in [0.2, 0.25) is 0 Å². The van der Waals surface area contributed by atoms with Crippen LogP contribution in [0, 0.1) is 19.8 Å². The van der Waals surface area contributed by atoms with Gasteiger partial charge in [0.25, 0.3) is 0 Å². The van der Waals surface area contributed by atoms with Crippen molar-refractivity contribution in [2.45, 2.75) is 45.1 Å². The summed E-state index contributed by atoms with van der Waals surface area (Å²) in [5, 5.41) is 12.9. The number of carbonyl (C=O) groups is 1. The van der Waals surface area contributed by atoms with Crippen molar-refractivity contribution in [2.24, 2.45) is 5.92 Å². The highest BCUT2D eigenvalue weighted by atomic mass is 16.3. The lowest BCUT2D eigenvalue weighted by Crippen LogP contribution is -2.61. The topological polar surface area (TPSA) is 52.6 Å². The molecule has 22 heavy (non-hydrogen) atoms. The third-order valence-corrected chi connectivity index (χ3v) is 5.47. The number of aryl methyl sites for hydroxylation is 2. The van der Waals surface area contributed by atoms with Crippen molar-refractivity contribution in [1.29, 1.82) is 0 Å². The van der Waals surface area contributed by atoms with E-state index >= 15 is 0 Å². The van der Waals surface area contributed by atoms with Gasteiger partial charge in [-0.2, -0.15) is 0 Å². The van der Waals surface area contributed by atoms with E-state index in [2.05, 4.69) is 16.3 Å². The molecule has 2 bridgehead atoms. The average molecular weight is 302 g/mol. The predicted octanol–water partition coefficient (Wildman–Crippen LogP) is 2.48. The van der Waals surface area contributed by atoms with Gasteiger partial charge in [-0.1, -0.05) is 17.7 Å². The maximum absolute atomic E-state index is 12.4. The lowest BCUT2D eigenvalue weighted by Gasteiger charge is -2.53. The van der Waals surface area contributed by atoms with Gasteiger partial charge in [-0.05, 0) is 57.1 Å². The van der Waals surface area contributed by atoms with Crippen LogP contribution in [0.3, 0.4) is 0 Å². The van der Waals surface area contributed by atoms with Gasteiger partial charge in [0.1, 0.15) is 0 Å². The van der Waals surface area contributed by atoms with Crippen molar-refractivity contribution >= 4 is 11.6 Å². The number of nitrogens with zero attached hydrogens (tertiary/aromatic N) is 1. The predicted molar refractivity (Wildman–Crippen MR) is 87.9 cm³/mol. The van der Waals surface area contributed by atoms with E-state index in [-0.39, 0.29) is 18.1 Å². The number of carbonyl (C=O) groups excluding carboxylic acids is 1. The number of hydrogen-bond acceptors (Lipinski definition) is 3. The van der Waals surface area contributed by atoms with Gasteiger partial charge in [0, 0.05) is 17.8 Å². The summed E-state index contributed by atoms with van der Waals surface area (Å²) < 4.78 is 0. The molecule has 2 saturated heterocycles. The maximum Gasteiger partial charge on any atom is 0.238 e. The van der Waals surface area contributed by atoms with Gasteiger partial charge in [0.15, 0.2) is 0 Å². The van der Waals surface area contributed by atoms with Crippen LogP contribution in [0.15, 0.2) is 18.2 Å². The average Bonchev–Trinajstić information content (AvgIpc) is 2.51. The zero-order valence-electron chi connectivity index (χ0n) is 13.6. The molecule has 1 aromatic rings. The third kappa shape index (κ3) is 2.90. The van der Waals surface area contributed by atoms with Crippen molar-refractivity contribution in [3.63, 3.8) is 0 Å². The number of nitrogens with one attached hydrogen (secondary N) is 1. The number of anilines is 1. The first-order chi connectivity index (χ1) is 10.5. The SMILES string of the molecule is Cc1ccc(NC(=O)CN2CC3CCC2(CO)CC3)c(C)c1. The molecule has 0 unspecified atom stereocenters. The first-order valence-corrected chi connectivity index (χ1v) is 8.25. The smallest absolute Gasteiger partial charge is 0.238 e. The van der Waals surface area contributed by atoms with Crippen LogP contribution in [0.5, 0.6) is 0 Å². The molecule has 1 aromatic carbocycles. The number of benzene rings is 1. The molecule has 4 nitrogen and oxygen atoms in total. The second-order valence-corrected chi connectivity index (χ2v) is 7.07. The molecule has 0 atom stereocenters. The minimum Gasteiger partial charge on any atom is -0.394 e. The Labute approximate surface area is 132 Å². The van der Waals surface area contributed by atoms with Crippen molar-refractivity contribution in [3.8, 4) is 0 Å². The molecule has 0 aromatic heterocycles. The van der Waals surface area contributed by atoms with Crippen LogP contribution in [0.25, 0.3) is 0 Å². The van der Waals surface area contributed by atoms with Gasteiger partial charge in [0.2, 0.25) is 5.91 Å². The molecule has 3 fully saturated rings. The second kappa shape index (κ2) is 6.01. The third-order valence-electron chi connectivity index (χ3n) is 5.47. The highest BCUT2D eigenvalue weighted by molar-refractivity contribution is 5.93. The molecule has 2 aliphatic heterocycles. The van der Waals surface area contributed by atoms with Crippen LogP contribution >= 0.6 is 0 Å². The van der Waals surface area contributed by atoms with Crippen LogP contribution in [-0.2, 0) is 4.79 Å². The zero-order valence-corrected chi connectivity index (χ0v) is 13.6. The van der Waals surface area contributed by atoms with E-state index in [4.69, 9.17) is 0 Å². The molecule has 0 radical (unpaired) electrons. The molecule has 4 heteroatoms. The summed E-state index contributed by atoms with van der Waals surface area (Å²) in [6.07, 6.45) is 4.42. The Kier molecular flexibility index (Phi) is 4.24. The van der Waals surface area contributed by atoms with Crippen molar-refractivity contribution in [3.05, 3.63) is 29.3 Å². The van der Waals surface area contributed by atoms with Gasteiger partial charge in [-0.3, -0.25) is 9.69 Å². The zero-order chi connectivity index (χ0) is 15.7. The summed E-state index contributed by atoms with van der Waals surface area (Å²) in [4.78, 5) is 14.6. The fourth-order valence-corrected chi connectivity index (χ4v) is 4.03. The normalized spacial score (nSPS) is 27.9. The highest BCUT2D eigenvalue weighted by Gasteiger charge is 2.46. The van der Waals surface area contributed by atoms with E-state index in [0.717, 1.165) is 30.6 Å². The molecule has 2 heterocycles. The largest absolute Gasteiger partial charge is 0.394 e. The van der Waals surface area contributed by atoms with E-state index in [1.54, 1.807) is 0 Å². The summed E-state index contributed by atoms with van der Waals surface area (Å²) >= 11 is 0. The van der Waals surface area contributed by atoms with Crippen LogP contribution in [0.1, 0.15) is 36.8 Å². The molecular formula is C18H26N2O2. The van der Waals surface area contributed by atoms with E-state index in [9.17, 15) is 9.90 Å². The molecule has 1 amide bonds. The Morgan fingerprint density at radius 3 is 2.73 bits per heavy atom. The minimum atomic E-state index is -0.158. The summed E-state index contributed by atoms with van der Waals surface area (Å²) in [5.74, 6) is 0.717. The molecular weight excluding hydrogens is 276 g/mol. The molecule has 3 aliphatic rings. The molecule has 120 valence electrons. The Morgan fingerprint density at radius 1 is 1.36 bits per heavy atom. The van der Waals surface area contributed by atoms with E-state index in [1.807, 2.05) is 26.0 Å². The second-order valence-electron chi connectivity index (χ2n) is 7.07. The number of fused-ring (bicyclic) bond motifs is 3. The van der Waals surface area contributed by atoms with Crippen molar-refractivity contribution in [1.82, 2.24) is 4.90 Å². The monoisotopic (exact) mass is 302 g/mol. The van der Waals surface area contributed by atoms with E-state index in [1.165, 1.54) is 18.4 Å². The van der Waals surface area contributed by atoms with Crippen LogP contribution in [-0.4, -0.2) is 41.1 Å². The summed E-state index contributed by atoms with van der Waals surface area (Å²) in [6.45, 7) is 5.55. The summed E-state index contributed by atoms with van der Waals surface area (Å²) in [5.41, 5.74) is 3.01. The maximum atomic E-state index is 12.4. The van der Waals surface area contributed by atoms with Crippen molar-refractivity contribution in [2.75, 3.05) is 25.0 Å². The molecule has 1 saturated carbocycles. The minimum absolute atomic E-state index is 0.0207. The lowest BCUT2D eigenvalue weighted by atomic mass is 9.71. The van der Waals surface area contributed by atoms with Gasteiger partial charge in [-0.15, -0.1) is 0 Å². The number of piperidine rings is 2. The quantitative estimate of drug-likeness (QED) is 0.898. The number of rotatable bonds is 4. The first kappa shape index (κ1) is 15.5. The lowest BCUT2D eigenvalue weighted by molar-refractivity contribution is -0.124. The summed E-state index contributed by atoms with van der Waals surface area (Å²) in [7, 11) is 0. The fraction of sp³-hybridized carbons (Fsp3) is 0.611. The molecule has 0 spiro atoms. The van der Waals surface area contributed by atoms with E-state index in [0.29, 0.717) is 12.5 Å². The number of hydrogen-bond donors (Lipinski definition) is 2. The summed E-state index contributed by atoms with van der Waals surface area (Å²) in [6, 6.07) is 6.06. The molecule has 1 aliphatic carbocycles. The van der Waals surface area contributed by atoms with Gasteiger partial charge < -0.3 is 10.4 Å². The number of amides is 1. The van der Waals surface area contributed by atoms with Crippen LogP contribution in [0.4, 0.5) is 5.69 Å². The van der Waals surface area contributed by atoms with Gasteiger partial charge >= 0.3 is 0 Å². The molecule has 4 rings (SSSR count). The Morgan fingerprint density at radius 2 is 2.09 bits per heavy atom. The number of aliphatic hydroxyl groups excluding tert-OH is 1. The van der Waals surface area contributed by atoms with Gasteiger partial charge in [0.05, 0.1) is 13.2 Å². The Hall–Kier alpha value is -1.39. The standard InChI is InChI=1S/C18H26N2O2/c1-13-3-4-16(14(2)9-13)19-17(22)11-20-10-15-5-7-18(20,12-21)8-6-15/h3-4,9,15,21H,5-8,10-12H2,1-2H3,(H,19,22). The van der Waals surface area contributed by atoms with Crippen LogP contribution < -0.4 is 5.32 Å². The highest BCUT2D eigenvalue weighted by Crippen LogP contribution is 2.42. The Bertz CT molecular complexity index is 562. The van der Waals surface area contributed by atoms with E-state index < -0.39 is 0 Å².